The number of anilines is 1. The van der Waals surface area contributed by atoms with Gasteiger partial charge in [-0.1, -0.05) is 19.3 Å². The van der Waals surface area contributed by atoms with Crippen molar-refractivity contribution in [1.82, 2.24) is 24.8 Å². The molecule has 138 valence electrons. The first kappa shape index (κ1) is 16.9. The van der Waals surface area contributed by atoms with E-state index in [1.165, 1.54) is 12.4 Å². The summed E-state index contributed by atoms with van der Waals surface area (Å²) in [4.78, 5) is 26.6. The van der Waals surface area contributed by atoms with E-state index in [0.29, 0.717) is 12.4 Å². The highest BCUT2D eigenvalue weighted by molar-refractivity contribution is 5.77. The van der Waals surface area contributed by atoms with Gasteiger partial charge in [-0.15, -0.1) is 0 Å². The maximum atomic E-state index is 14.2. The number of hydrogen-bond acceptors (Lipinski definition) is 5. The summed E-state index contributed by atoms with van der Waals surface area (Å²) >= 11 is 0. The average Bonchev–Trinajstić information content (AvgIpc) is 3.19. The Morgan fingerprint density at radius 1 is 1.23 bits per heavy atom. The van der Waals surface area contributed by atoms with Crippen LogP contribution in [0.1, 0.15) is 38.5 Å². The number of aromatic nitrogens is 4. The normalized spacial score (nSPS) is 25.6. The molecule has 26 heavy (non-hydrogen) atoms. The summed E-state index contributed by atoms with van der Waals surface area (Å²) in [7, 11) is 0. The fourth-order valence-corrected chi connectivity index (χ4v) is 4.45. The van der Waals surface area contributed by atoms with Crippen LogP contribution in [0.2, 0.25) is 0 Å². The lowest BCUT2D eigenvalue weighted by Crippen LogP contribution is -2.57. The van der Waals surface area contributed by atoms with Crippen LogP contribution in [0.15, 0.2) is 31.1 Å². The number of amides is 1. The number of imidazole rings is 1. The summed E-state index contributed by atoms with van der Waals surface area (Å²) in [6, 6.07) is 0.0444. The van der Waals surface area contributed by atoms with E-state index >= 15 is 0 Å². The van der Waals surface area contributed by atoms with Crippen LogP contribution in [0, 0.1) is 5.95 Å². The molecule has 0 spiro atoms. The van der Waals surface area contributed by atoms with Crippen LogP contribution in [0.25, 0.3) is 0 Å². The van der Waals surface area contributed by atoms with E-state index < -0.39 is 5.95 Å². The first-order valence-electron chi connectivity index (χ1n) is 9.18. The Morgan fingerprint density at radius 3 is 2.92 bits per heavy atom. The number of carbonyl (C=O) groups excluding carboxylic acids is 1. The number of rotatable bonds is 4. The summed E-state index contributed by atoms with van der Waals surface area (Å²) in [5.74, 6) is -0.279. The van der Waals surface area contributed by atoms with Gasteiger partial charge in [-0.05, 0) is 19.3 Å². The van der Waals surface area contributed by atoms with Crippen molar-refractivity contribution in [2.75, 3.05) is 11.4 Å². The molecule has 1 saturated heterocycles. The molecule has 0 aromatic carbocycles. The van der Waals surface area contributed by atoms with Crippen LogP contribution in [0.3, 0.4) is 0 Å². The van der Waals surface area contributed by atoms with E-state index in [1.54, 1.807) is 23.3 Å². The van der Waals surface area contributed by atoms with E-state index in [4.69, 9.17) is 0 Å². The standard InChI is InChI=1S/C18H23FN6O/c19-16-17(22-8-7-21-16)25-10-6-18(5-3-1-2-4-14(18)25)23-15(26)12-24-11-9-20-13-24/h7-9,11,13-14H,1-6,10,12H2,(H,23,26). The third-order valence-corrected chi connectivity index (χ3v) is 5.60. The lowest BCUT2D eigenvalue weighted by atomic mass is 9.85. The van der Waals surface area contributed by atoms with Crippen molar-refractivity contribution in [3.63, 3.8) is 0 Å². The highest BCUT2D eigenvalue weighted by atomic mass is 19.1. The number of halogens is 1. The Labute approximate surface area is 151 Å². The molecule has 1 aliphatic heterocycles. The van der Waals surface area contributed by atoms with Crippen LogP contribution in [-0.4, -0.2) is 43.6 Å². The van der Waals surface area contributed by atoms with Gasteiger partial charge in [0, 0.05) is 31.3 Å². The molecule has 2 aromatic rings. The van der Waals surface area contributed by atoms with Crippen LogP contribution in [0.5, 0.6) is 0 Å². The van der Waals surface area contributed by atoms with Crippen molar-refractivity contribution >= 4 is 11.7 Å². The van der Waals surface area contributed by atoms with E-state index in [0.717, 1.165) is 38.5 Å². The van der Waals surface area contributed by atoms with Gasteiger partial charge < -0.3 is 14.8 Å². The average molecular weight is 358 g/mol. The molecule has 2 fully saturated rings. The topological polar surface area (TPSA) is 75.9 Å². The second-order valence-electron chi connectivity index (χ2n) is 7.17. The number of carbonyl (C=O) groups is 1. The highest BCUT2D eigenvalue weighted by Crippen LogP contribution is 2.41. The summed E-state index contributed by atoms with van der Waals surface area (Å²) in [6.07, 6.45) is 13.8. The molecular formula is C18H23FN6O. The Hall–Kier alpha value is -2.51. The molecule has 1 N–H and O–H groups in total. The zero-order valence-corrected chi connectivity index (χ0v) is 14.6. The predicted octanol–water partition coefficient (Wildman–Crippen LogP) is 1.91. The van der Waals surface area contributed by atoms with Gasteiger partial charge in [-0.25, -0.2) is 15.0 Å². The Bertz CT molecular complexity index is 767. The van der Waals surface area contributed by atoms with Gasteiger partial charge in [-0.2, -0.15) is 4.39 Å². The van der Waals surface area contributed by atoms with Crippen LogP contribution < -0.4 is 10.2 Å². The van der Waals surface area contributed by atoms with Crippen LogP contribution >= 0.6 is 0 Å². The van der Waals surface area contributed by atoms with Crippen molar-refractivity contribution in [2.24, 2.45) is 0 Å². The summed E-state index contributed by atoms with van der Waals surface area (Å²) < 4.78 is 16.0. The van der Waals surface area contributed by atoms with E-state index in [1.807, 2.05) is 4.90 Å². The molecule has 1 aliphatic carbocycles. The largest absolute Gasteiger partial charge is 0.347 e. The SMILES string of the molecule is O=C(Cn1ccnc1)NC12CCCCCC1N(c1nccnc1F)CC2. The quantitative estimate of drug-likeness (QED) is 0.904. The number of hydrogen-bond donors (Lipinski definition) is 1. The van der Waals surface area contributed by atoms with Crippen molar-refractivity contribution in [3.05, 3.63) is 37.1 Å². The van der Waals surface area contributed by atoms with Gasteiger partial charge >= 0.3 is 0 Å². The molecule has 0 radical (unpaired) electrons. The monoisotopic (exact) mass is 358 g/mol. The number of nitrogens with one attached hydrogen (secondary N) is 1. The summed E-state index contributed by atoms with van der Waals surface area (Å²) in [5.41, 5.74) is -0.335. The summed E-state index contributed by atoms with van der Waals surface area (Å²) in [6.45, 7) is 0.916. The number of nitrogens with zero attached hydrogens (tertiary/aromatic N) is 5. The van der Waals surface area contributed by atoms with E-state index in [9.17, 15) is 9.18 Å². The minimum absolute atomic E-state index is 0.0311. The van der Waals surface area contributed by atoms with Gasteiger partial charge in [0.2, 0.25) is 5.91 Å². The van der Waals surface area contributed by atoms with Gasteiger partial charge in [-0.3, -0.25) is 4.79 Å². The van der Waals surface area contributed by atoms with Gasteiger partial charge in [0.05, 0.1) is 17.9 Å². The lowest BCUT2D eigenvalue weighted by Gasteiger charge is -2.38. The first-order chi connectivity index (χ1) is 12.7. The van der Waals surface area contributed by atoms with Crippen molar-refractivity contribution in [2.45, 2.75) is 56.7 Å². The molecule has 0 bridgehead atoms. The zero-order chi connectivity index (χ0) is 18.0. The van der Waals surface area contributed by atoms with E-state index in [-0.39, 0.29) is 24.0 Å². The first-order valence-corrected chi connectivity index (χ1v) is 9.18. The molecule has 8 heteroatoms. The maximum absolute atomic E-state index is 14.2. The van der Waals surface area contributed by atoms with Gasteiger partial charge in [0.25, 0.3) is 5.95 Å². The minimum atomic E-state index is -0.544. The molecule has 2 atom stereocenters. The van der Waals surface area contributed by atoms with Gasteiger partial charge in [0.1, 0.15) is 6.54 Å². The Kier molecular flexibility index (Phi) is 4.57. The smallest absolute Gasteiger partial charge is 0.255 e. The molecule has 2 aliphatic rings. The van der Waals surface area contributed by atoms with Crippen LogP contribution in [0.4, 0.5) is 10.2 Å². The third-order valence-electron chi connectivity index (χ3n) is 5.60. The minimum Gasteiger partial charge on any atom is -0.347 e. The molecule has 2 unspecified atom stereocenters. The Balaban J connectivity index is 1.58. The predicted molar refractivity (Wildman–Crippen MR) is 93.9 cm³/mol. The van der Waals surface area contributed by atoms with E-state index in [2.05, 4.69) is 20.3 Å². The summed E-state index contributed by atoms with van der Waals surface area (Å²) in [5, 5.41) is 3.29. The second-order valence-corrected chi connectivity index (χ2v) is 7.17. The highest BCUT2D eigenvalue weighted by Gasteiger charge is 2.49. The maximum Gasteiger partial charge on any atom is 0.255 e. The molecule has 2 aromatic heterocycles. The van der Waals surface area contributed by atoms with Gasteiger partial charge in [0.15, 0.2) is 5.82 Å². The fourth-order valence-electron chi connectivity index (χ4n) is 4.45. The fraction of sp³-hybridized carbons (Fsp3) is 0.556. The Morgan fingerprint density at radius 2 is 2.12 bits per heavy atom. The molecular weight excluding hydrogens is 335 g/mol. The second kappa shape index (κ2) is 7.01. The number of fused-ring (bicyclic) bond motifs is 1. The molecule has 7 nitrogen and oxygen atoms in total. The van der Waals surface area contributed by atoms with Crippen molar-refractivity contribution < 1.29 is 9.18 Å². The van der Waals surface area contributed by atoms with Crippen LogP contribution in [-0.2, 0) is 11.3 Å². The van der Waals surface area contributed by atoms with Crippen molar-refractivity contribution in [3.8, 4) is 0 Å². The molecule has 1 saturated carbocycles. The third kappa shape index (κ3) is 3.15. The molecule has 1 amide bonds. The zero-order valence-electron chi connectivity index (χ0n) is 14.6. The molecule has 3 heterocycles. The van der Waals surface area contributed by atoms with Crippen molar-refractivity contribution in [1.29, 1.82) is 0 Å². The lowest BCUT2D eigenvalue weighted by molar-refractivity contribution is -0.123. The molecule has 4 rings (SSSR count).